The van der Waals surface area contributed by atoms with Crippen molar-refractivity contribution in [2.75, 3.05) is 26.8 Å². The number of furan rings is 1. The molecule has 0 radical (unpaired) electrons. The summed E-state index contributed by atoms with van der Waals surface area (Å²) in [5, 5.41) is 13.6. The molecule has 2 heterocycles. The van der Waals surface area contributed by atoms with E-state index in [0.717, 1.165) is 48.1 Å². The van der Waals surface area contributed by atoms with E-state index in [2.05, 4.69) is 31.4 Å². The number of halogens is 1. The topological polar surface area (TPSA) is 60.2 Å². The predicted molar refractivity (Wildman–Crippen MR) is 78.4 cm³/mol. The average molecular weight is 346 g/mol. The number of nitrogens with zero attached hydrogens (tertiary/aromatic N) is 2. The Bertz CT molecular complexity index is 501. The summed E-state index contributed by atoms with van der Waals surface area (Å²) >= 11 is 4.96. The average Bonchev–Trinajstić information content (AvgIpc) is 3.02. The van der Waals surface area contributed by atoms with Gasteiger partial charge in [-0.3, -0.25) is 0 Å². The van der Waals surface area contributed by atoms with Crippen molar-refractivity contribution in [2.24, 2.45) is 0 Å². The van der Waals surface area contributed by atoms with Crippen LogP contribution in [0.15, 0.2) is 21.4 Å². The molecule has 0 saturated heterocycles. The molecule has 19 heavy (non-hydrogen) atoms. The number of hydrogen-bond acceptors (Lipinski definition) is 6. The molecule has 0 aromatic carbocycles. The van der Waals surface area contributed by atoms with Crippen molar-refractivity contribution < 1.29 is 9.15 Å². The summed E-state index contributed by atoms with van der Waals surface area (Å²) in [4.78, 5) is 0. The first kappa shape index (κ1) is 14.6. The Hall–Kier alpha value is -0.760. The fourth-order valence-electron chi connectivity index (χ4n) is 1.57. The molecule has 1 N–H and O–H groups in total. The third-order valence-electron chi connectivity index (χ3n) is 2.54. The fraction of sp³-hybridized carbons (Fsp3) is 0.500. The monoisotopic (exact) mass is 345 g/mol. The SMILES string of the molecule is COCCNCCCc1nnc(-c2ccoc2Br)s1. The van der Waals surface area contributed by atoms with Crippen LogP contribution in [0.25, 0.3) is 10.6 Å². The molecule has 0 aliphatic carbocycles. The maximum atomic E-state index is 5.20. The Morgan fingerprint density at radius 3 is 3.05 bits per heavy atom. The lowest BCUT2D eigenvalue weighted by molar-refractivity contribution is 0.199. The smallest absolute Gasteiger partial charge is 0.179 e. The van der Waals surface area contributed by atoms with Gasteiger partial charge in [0.25, 0.3) is 0 Å². The second-order valence-corrected chi connectivity index (χ2v) is 5.74. The summed E-state index contributed by atoms with van der Waals surface area (Å²) < 4.78 is 10.9. The third kappa shape index (κ3) is 4.38. The minimum Gasteiger partial charge on any atom is -0.457 e. The van der Waals surface area contributed by atoms with Crippen LogP contribution in [-0.4, -0.2) is 37.0 Å². The van der Waals surface area contributed by atoms with Gasteiger partial charge in [-0.05, 0) is 35.0 Å². The molecule has 0 spiro atoms. The van der Waals surface area contributed by atoms with Crippen molar-refractivity contribution in [3.8, 4) is 10.6 Å². The molecule has 104 valence electrons. The molecule has 0 amide bonds. The van der Waals surface area contributed by atoms with Crippen LogP contribution in [0, 0.1) is 0 Å². The van der Waals surface area contributed by atoms with Crippen LogP contribution >= 0.6 is 27.3 Å². The molecule has 0 unspecified atom stereocenters. The summed E-state index contributed by atoms with van der Waals surface area (Å²) in [6, 6.07) is 1.89. The molecule has 0 fully saturated rings. The molecule has 2 rings (SSSR count). The minimum absolute atomic E-state index is 0.705. The molecule has 5 nitrogen and oxygen atoms in total. The molecule has 2 aromatic rings. The van der Waals surface area contributed by atoms with E-state index < -0.39 is 0 Å². The molecule has 2 aromatic heterocycles. The molecule has 0 aliphatic rings. The highest BCUT2D eigenvalue weighted by atomic mass is 79.9. The number of nitrogens with one attached hydrogen (secondary N) is 1. The Morgan fingerprint density at radius 1 is 1.42 bits per heavy atom. The summed E-state index contributed by atoms with van der Waals surface area (Å²) in [6.45, 7) is 2.60. The first-order valence-electron chi connectivity index (χ1n) is 6.06. The lowest BCUT2D eigenvalue weighted by Gasteiger charge is -2.01. The van der Waals surface area contributed by atoms with Gasteiger partial charge in [0, 0.05) is 20.1 Å². The lowest BCUT2D eigenvalue weighted by atomic mass is 10.3. The highest BCUT2D eigenvalue weighted by Gasteiger charge is 2.11. The van der Waals surface area contributed by atoms with Crippen molar-refractivity contribution in [1.82, 2.24) is 15.5 Å². The van der Waals surface area contributed by atoms with Gasteiger partial charge in [0.15, 0.2) is 9.68 Å². The van der Waals surface area contributed by atoms with Gasteiger partial charge in [-0.15, -0.1) is 10.2 Å². The third-order valence-corrected chi connectivity index (χ3v) is 4.17. The van der Waals surface area contributed by atoms with E-state index >= 15 is 0 Å². The van der Waals surface area contributed by atoms with Crippen LogP contribution in [0.1, 0.15) is 11.4 Å². The van der Waals surface area contributed by atoms with E-state index in [1.54, 1.807) is 24.7 Å². The van der Waals surface area contributed by atoms with E-state index in [0.29, 0.717) is 4.67 Å². The van der Waals surface area contributed by atoms with Gasteiger partial charge in [0.1, 0.15) is 5.01 Å². The first-order valence-corrected chi connectivity index (χ1v) is 7.67. The summed E-state index contributed by atoms with van der Waals surface area (Å²) in [7, 11) is 1.71. The number of aromatic nitrogens is 2. The van der Waals surface area contributed by atoms with Crippen LogP contribution < -0.4 is 5.32 Å². The van der Waals surface area contributed by atoms with Crippen molar-refractivity contribution in [1.29, 1.82) is 0 Å². The molecular formula is C12H16BrN3O2S. The van der Waals surface area contributed by atoms with Gasteiger partial charge >= 0.3 is 0 Å². The normalized spacial score (nSPS) is 11.1. The largest absolute Gasteiger partial charge is 0.457 e. The van der Waals surface area contributed by atoms with Gasteiger partial charge in [0.2, 0.25) is 0 Å². The molecule has 0 aliphatic heterocycles. The minimum atomic E-state index is 0.705. The summed E-state index contributed by atoms with van der Waals surface area (Å²) in [5.74, 6) is 0. The Labute approximate surface area is 124 Å². The molecule has 0 saturated carbocycles. The molecule has 0 atom stereocenters. The number of rotatable bonds is 8. The fourth-order valence-corrected chi connectivity index (χ4v) is 3.04. The number of aryl methyl sites for hydroxylation is 1. The van der Waals surface area contributed by atoms with Gasteiger partial charge in [-0.1, -0.05) is 11.3 Å². The van der Waals surface area contributed by atoms with Crippen molar-refractivity contribution in [3.63, 3.8) is 0 Å². The second-order valence-electron chi connectivity index (χ2n) is 3.96. The maximum Gasteiger partial charge on any atom is 0.179 e. The zero-order chi connectivity index (χ0) is 13.5. The molecule has 7 heteroatoms. The maximum absolute atomic E-state index is 5.20. The Balaban J connectivity index is 1.77. The molecule has 0 bridgehead atoms. The second kappa shape index (κ2) is 7.74. The Kier molecular flexibility index (Phi) is 5.96. The zero-order valence-electron chi connectivity index (χ0n) is 10.7. The van der Waals surface area contributed by atoms with Gasteiger partial charge in [-0.25, -0.2) is 0 Å². The molecular weight excluding hydrogens is 330 g/mol. The van der Waals surface area contributed by atoms with Crippen LogP contribution in [-0.2, 0) is 11.2 Å². The lowest BCUT2D eigenvalue weighted by Crippen LogP contribution is -2.20. The predicted octanol–water partition coefficient (Wildman–Crippen LogP) is 2.73. The van der Waals surface area contributed by atoms with E-state index in [1.807, 2.05) is 6.07 Å². The van der Waals surface area contributed by atoms with E-state index in [4.69, 9.17) is 9.15 Å². The number of ether oxygens (including phenoxy) is 1. The number of methoxy groups -OCH3 is 1. The number of hydrogen-bond donors (Lipinski definition) is 1. The van der Waals surface area contributed by atoms with Crippen molar-refractivity contribution in [2.45, 2.75) is 12.8 Å². The highest BCUT2D eigenvalue weighted by Crippen LogP contribution is 2.31. The van der Waals surface area contributed by atoms with Crippen LogP contribution in [0.4, 0.5) is 0 Å². The van der Waals surface area contributed by atoms with Crippen LogP contribution in [0.2, 0.25) is 0 Å². The van der Waals surface area contributed by atoms with Crippen molar-refractivity contribution in [3.05, 3.63) is 22.0 Å². The van der Waals surface area contributed by atoms with Gasteiger partial charge in [0.05, 0.1) is 18.4 Å². The van der Waals surface area contributed by atoms with Gasteiger partial charge < -0.3 is 14.5 Å². The Morgan fingerprint density at radius 2 is 2.32 bits per heavy atom. The zero-order valence-corrected chi connectivity index (χ0v) is 13.1. The quantitative estimate of drug-likeness (QED) is 0.745. The standard InChI is InChI=1S/C12H16BrN3O2S/c1-17-8-6-14-5-2-3-10-15-16-12(19-10)9-4-7-18-11(9)13/h4,7,14H,2-3,5-6,8H2,1H3. The summed E-state index contributed by atoms with van der Waals surface area (Å²) in [6.07, 6.45) is 3.62. The summed E-state index contributed by atoms with van der Waals surface area (Å²) in [5.41, 5.74) is 0.960. The van der Waals surface area contributed by atoms with E-state index in [9.17, 15) is 0 Å². The first-order chi connectivity index (χ1) is 9.31. The van der Waals surface area contributed by atoms with Crippen molar-refractivity contribution >= 4 is 27.3 Å². The highest BCUT2D eigenvalue weighted by molar-refractivity contribution is 9.10. The van der Waals surface area contributed by atoms with E-state index in [1.165, 1.54) is 0 Å². The van der Waals surface area contributed by atoms with Crippen LogP contribution in [0.5, 0.6) is 0 Å². The van der Waals surface area contributed by atoms with Crippen LogP contribution in [0.3, 0.4) is 0 Å². The van der Waals surface area contributed by atoms with E-state index in [-0.39, 0.29) is 0 Å². The van der Waals surface area contributed by atoms with Gasteiger partial charge in [-0.2, -0.15) is 0 Å².